The first-order chi connectivity index (χ1) is 12.3. The second kappa shape index (κ2) is 9.58. The van der Waals surface area contributed by atoms with Crippen LogP contribution in [0.2, 0.25) is 0 Å². The van der Waals surface area contributed by atoms with E-state index < -0.39 is 10.1 Å². The fourth-order valence-corrected chi connectivity index (χ4v) is 3.70. The van der Waals surface area contributed by atoms with Gasteiger partial charge in [0, 0.05) is 19.0 Å². The summed E-state index contributed by atoms with van der Waals surface area (Å²) in [5.74, 6) is 0.628. The Morgan fingerprint density at radius 2 is 1.81 bits per heavy atom. The molecule has 0 aliphatic heterocycles. The highest BCUT2D eigenvalue weighted by atomic mass is 32.2. The van der Waals surface area contributed by atoms with Crippen LogP contribution in [0.4, 0.5) is 0 Å². The topological polar surface area (TPSA) is 63.7 Å². The molecule has 5 nitrogen and oxygen atoms in total. The summed E-state index contributed by atoms with van der Waals surface area (Å²) in [4.78, 5) is 14.7. The second-order valence-electron chi connectivity index (χ2n) is 8.77. The lowest BCUT2D eigenvalue weighted by atomic mass is 9.84. The molecule has 0 aromatic heterocycles. The van der Waals surface area contributed by atoms with E-state index in [1.54, 1.807) is 18.2 Å². The van der Waals surface area contributed by atoms with Gasteiger partial charge in [0.25, 0.3) is 0 Å². The molecule has 1 aromatic rings. The second-order valence-corrected chi connectivity index (χ2v) is 10.6. The molecule has 0 radical (unpaired) electrons. The summed E-state index contributed by atoms with van der Waals surface area (Å²) in [5, 5.41) is 0. The van der Waals surface area contributed by atoms with Gasteiger partial charge in [-0.15, -0.1) is 0 Å². The third-order valence-corrected chi connectivity index (χ3v) is 5.41. The van der Waals surface area contributed by atoms with Crippen LogP contribution in [-0.2, 0) is 21.5 Å². The van der Waals surface area contributed by atoms with Gasteiger partial charge < -0.3 is 9.08 Å². The van der Waals surface area contributed by atoms with Crippen molar-refractivity contribution in [3.63, 3.8) is 0 Å². The Morgan fingerprint density at radius 1 is 1.19 bits per heavy atom. The standard InChI is InChI=1S/C21H35NO4S/c1-8-27(24,25)26-19-11-9-10-18(13-19)15-22(16(2)3)20(23)12-17(4)14-21(5,6)7/h9-11,13,16-17H,8,12,14-15H2,1-7H3/t17-/m1/s1. The van der Waals surface area contributed by atoms with Gasteiger partial charge in [-0.1, -0.05) is 39.8 Å². The molecule has 1 atom stereocenters. The lowest BCUT2D eigenvalue weighted by Gasteiger charge is -2.30. The number of carbonyl (C=O) groups is 1. The van der Waals surface area contributed by atoms with E-state index in [0.717, 1.165) is 12.0 Å². The zero-order chi connectivity index (χ0) is 20.8. The molecule has 0 aliphatic carbocycles. The summed E-state index contributed by atoms with van der Waals surface area (Å²) in [5.41, 5.74) is 1.04. The maximum atomic E-state index is 12.8. The average Bonchev–Trinajstić information content (AvgIpc) is 2.50. The van der Waals surface area contributed by atoms with E-state index in [9.17, 15) is 13.2 Å². The third kappa shape index (κ3) is 8.78. The molecule has 1 aromatic carbocycles. The van der Waals surface area contributed by atoms with E-state index in [1.807, 2.05) is 24.8 Å². The van der Waals surface area contributed by atoms with Crippen LogP contribution in [0.15, 0.2) is 24.3 Å². The highest BCUT2D eigenvalue weighted by Gasteiger charge is 2.23. The molecule has 0 bridgehead atoms. The number of carbonyl (C=O) groups excluding carboxylic acids is 1. The molecular weight excluding hydrogens is 362 g/mol. The molecule has 0 unspecified atom stereocenters. The molecule has 1 rings (SSSR count). The highest BCUT2D eigenvalue weighted by molar-refractivity contribution is 7.87. The number of nitrogens with zero attached hydrogens (tertiary/aromatic N) is 1. The molecule has 0 saturated heterocycles. The molecule has 27 heavy (non-hydrogen) atoms. The normalized spacial score (nSPS) is 13.5. The number of benzene rings is 1. The quantitative estimate of drug-likeness (QED) is 0.571. The molecule has 0 fully saturated rings. The Bertz CT molecular complexity index is 720. The molecule has 0 heterocycles. The fraction of sp³-hybridized carbons (Fsp3) is 0.667. The Morgan fingerprint density at radius 3 is 2.33 bits per heavy atom. The zero-order valence-electron chi connectivity index (χ0n) is 17.8. The minimum Gasteiger partial charge on any atom is -0.382 e. The summed E-state index contributed by atoms with van der Waals surface area (Å²) in [6, 6.07) is 6.99. The Balaban J connectivity index is 2.87. The lowest BCUT2D eigenvalue weighted by Crippen LogP contribution is -2.37. The van der Waals surface area contributed by atoms with Gasteiger partial charge >= 0.3 is 10.1 Å². The van der Waals surface area contributed by atoms with Crippen LogP contribution in [0, 0.1) is 11.3 Å². The number of rotatable bonds is 9. The van der Waals surface area contributed by atoms with Crippen LogP contribution < -0.4 is 4.18 Å². The predicted octanol–water partition coefficient (Wildman–Crippen LogP) is 4.61. The Labute approximate surface area is 165 Å². The molecule has 6 heteroatoms. The van der Waals surface area contributed by atoms with Crippen molar-refractivity contribution in [2.24, 2.45) is 11.3 Å². The van der Waals surface area contributed by atoms with Crippen molar-refractivity contribution in [2.75, 3.05) is 5.75 Å². The van der Waals surface area contributed by atoms with Gasteiger partial charge in [-0.25, -0.2) is 0 Å². The van der Waals surface area contributed by atoms with Gasteiger partial charge in [-0.3, -0.25) is 4.79 Å². The average molecular weight is 398 g/mol. The smallest absolute Gasteiger partial charge is 0.308 e. The van der Waals surface area contributed by atoms with E-state index in [1.165, 1.54) is 6.92 Å². The van der Waals surface area contributed by atoms with Crippen molar-refractivity contribution in [3.8, 4) is 5.75 Å². The summed E-state index contributed by atoms with van der Waals surface area (Å²) in [6.45, 7) is 14.6. The molecule has 1 amide bonds. The zero-order valence-corrected chi connectivity index (χ0v) is 18.6. The van der Waals surface area contributed by atoms with Crippen LogP contribution in [0.1, 0.15) is 66.9 Å². The van der Waals surface area contributed by atoms with E-state index in [2.05, 4.69) is 27.7 Å². The molecular formula is C21H35NO4S. The van der Waals surface area contributed by atoms with Gasteiger partial charge in [-0.2, -0.15) is 8.42 Å². The Kier molecular flexibility index (Phi) is 8.33. The number of hydrogen-bond donors (Lipinski definition) is 0. The van der Waals surface area contributed by atoms with Crippen LogP contribution in [0.5, 0.6) is 5.75 Å². The first-order valence-corrected chi connectivity index (χ1v) is 11.2. The van der Waals surface area contributed by atoms with Crippen molar-refractivity contribution in [1.29, 1.82) is 0 Å². The monoisotopic (exact) mass is 397 g/mol. The maximum absolute atomic E-state index is 12.8. The third-order valence-electron chi connectivity index (χ3n) is 4.26. The van der Waals surface area contributed by atoms with Crippen molar-refractivity contribution >= 4 is 16.0 Å². The SMILES string of the molecule is CCS(=O)(=O)Oc1cccc(CN(C(=O)C[C@@H](C)CC(C)(C)C)C(C)C)c1. The van der Waals surface area contributed by atoms with Gasteiger partial charge in [-0.05, 0) is 56.2 Å². The van der Waals surface area contributed by atoms with Crippen molar-refractivity contribution in [1.82, 2.24) is 4.90 Å². The molecule has 0 saturated carbocycles. The van der Waals surface area contributed by atoms with Crippen molar-refractivity contribution < 1.29 is 17.4 Å². The van der Waals surface area contributed by atoms with Crippen LogP contribution >= 0.6 is 0 Å². The lowest BCUT2D eigenvalue weighted by molar-refractivity contribution is -0.134. The van der Waals surface area contributed by atoms with E-state index in [-0.39, 0.29) is 28.9 Å². The van der Waals surface area contributed by atoms with Crippen LogP contribution in [0.3, 0.4) is 0 Å². The molecule has 0 N–H and O–H groups in total. The maximum Gasteiger partial charge on any atom is 0.308 e. The molecule has 0 aliphatic rings. The Hall–Kier alpha value is -1.56. The fourth-order valence-electron chi connectivity index (χ4n) is 3.19. The predicted molar refractivity (Wildman–Crippen MR) is 110 cm³/mol. The summed E-state index contributed by atoms with van der Waals surface area (Å²) in [6.07, 6.45) is 1.50. The van der Waals surface area contributed by atoms with Gasteiger partial charge in [0.15, 0.2) is 0 Å². The van der Waals surface area contributed by atoms with Gasteiger partial charge in [0.1, 0.15) is 5.75 Å². The van der Waals surface area contributed by atoms with Crippen LogP contribution in [-0.4, -0.2) is 31.0 Å². The number of amides is 1. The highest BCUT2D eigenvalue weighted by Crippen LogP contribution is 2.27. The minimum atomic E-state index is -3.56. The molecule has 154 valence electrons. The summed E-state index contributed by atoms with van der Waals surface area (Å²) in [7, 11) is -3.56. The van der Waals surface area contributed by atoms with Gasteiger partial charge in [0.2, 0.25) is 5.91 Å². The molecule has 0 spiro atoms. The van der Waals surface area contributed by atoms with Crippen LogP contribution in [0.25, 0.3) is 0 Å². The summed E-state index contributed by atoms with van der Waals surface area (Å²) >= 11 is 0. The van der Waals surface area contributed by atoms with E-state index in [0.29, 0.717) is 18.9 Å². The minimum absolute atomic E-state index is 0.0586. The first-order valence-electron chi connectivity index (χ1n) is 9.63. The van der Waals surface area contributed by atoms with Crippen molar-refractivity contribution in [2.45, 2.75) is 73.9 Å². The summed E-state index contributed by atoms with van der Waals surface area (Å²) < 4.78 is 28.4. The largest absolute Gasteiger partial charge is 0.382 e. The van der Waals surface area contributed by atoms with Gasteiger partial charge in [0.05, 0.1) is 5.75 Å². The first kappa shape index (κ1) is 23.5. The number of hydrogen-bond acceptors (Lipinski definition) is 4. The van der Waals surface area contributed by atoms with E-state index >= 15 is 0 Å². The van der Waals surface area contributed by atoms with Crippen molar-refractivity contribution in [3.05, 3.63) is 29.8 Å². The van der Waals surface area contributed by atoms with E-state index in [4.69, 9.17) is 4.18 Å².